The summed E-state index contributed by atoms with van der Waals surface area (Å²) in [5, 5.41) is 23.5. The fourth-order valence-electron chi connectivity index (χ4n) is 2.04. The Labute approximate surface area is 174 Å². The lowest BCUT2D eigenvalue weighted by molar-refractivity contribution is -0.141. The predicted octanol–water partition coefficient (Wildman–Crippen LogP) is 2.38. The standard InChI is InChI=1S/C18H32N2O6S2/c1-17(2,3)7-13(21)19-11(15(23)24)9-27-28-10-12(16(25)26)20-14(22)8-18(4,5)6/h11-12H,7-10H2,1-6H3,(H,19,21)(H,20,22)(H,23,24)(H,25,26)/t11-,12-/m0/s1. The minimum absolute atomic E-state index is 0.0815. The molecule has 4 N–H and O–H groups in total. The molecule has 0 aliphatic heterocycles. The molecule has 0 saturated carbocycles. The Morgan fingerprint density at radius 1 is 0.714 bits per heavy atom. The van der Waals surface area contributed by atoms with E-state index in [1.807, 2.05) is 41.5 Å². The van der Waals surface area contributed by atoms with Crippen LogP contribution in [0.2, 0.25) is 0 Å². The number of carboxylic acid groups (broad SMARTS) is 2. The Hall–Kier alpha value is -1.42. The van der Waals surface area contributed by atoms with Gasteiger partial charge in [-0.1, -0.05) is 63.1 Å². The molecule has 0 bridgehead atoms. The lowest BCUT2D eigenvalue weighted by atomic mass is 9.92. The van der Waals surface area contributed by atoms with Crippen LogP contribution in [0.4, 0.5) is 0 Å². The molecule has 162 valence electrons. The van der Waals surface area contributed by atoms with Gasteiger partial charge in [-0.15, -0.1) is 0 Å². The van der Waals surface area contributed by atoms with Gasteiger partial charge < -0.3 is 20.8 Å². The van der Waals surface area contributed by atoms with Gasteiger partial charge in [0.1, 0.15) is 12.1 Å². The number of carbonyl (C=O) groups excluding carboxylic acids is 2. The highest BCUT2D eigenvalue weighted by atomic mass is 33.1. The summed E-state index contributed by atoms with van der Waals surface area (Å²) in [6.07, 6.45) is 0.408. The molecule has 0 rings (SSSR count). The summed E-state index contributed by atoms with van der Waals surface area (Å²) >= 11 is 0. The summed E-state index contributed by atoms with van der Waals surface area (Å²) in [6, 6.07) is -2.13. The highest BCUT2D eigenvalue weighted by molar-refractivity contribution is 8.76. The van der Waals surface area contributed by atoms with Crippen LogP contribution in [0, 0.1) is 10.8 Å². The molecule has 0 spiro atoms. The Morgan fingerprint density at radius 3 is 1.21 bits per heavy atom. The van der Waals surface area contributed by atoms with Crippen LogP contribution >= 0.6 is 21.6 Å². The van der Waals surface area contributed by atoms with Crippen LogP contribution < -0.4 is 10.6 Å². The molecular formula is C18H32N2O6S2. The van der Waals surface area contributed by atoms with Gasteiger partial charge >= 0.3 is 11.9 Å². The van der Waals surface area contributed by atoms with Crippen LogP contribution in [-0.2, 0) is 19.2 Å². The summed E-state index contributed by atoms with van der Waals surface area (Å²) in [7, 11) is 2.28. The number of hydrogen-bond acceptors (Lipinski definition) is 6. The highest BCUT2D eigenvalue weighted by Crippen LogP contribution is 2.24. The van der Waals surface area contributed by atoms with E-state index in [9.17, 15) is 29.4 Å². The van der Waals surface area contributed by atoms with Gasteiger partial charge in [-0.3, -0.25) is 9.59 Å². The maximum absolute atomic E-state index is 11.9. The Bertz CT molecular complexity index is 519. The fraction of sp³-hybridized carbons (Fsp3) is 0.778. The first-order valence-electron chi connectivity index (χ1n) is 8.89. The van der Waals surface area contributed by atoms with Crippen LogP contribution in [0.5, 0.6) is 0 Å². The second-order valence-corrected chi connectivity index (χ2v) is 11.5. The third-order valence-corrected chi connectivity index (χ3v) is 5.62. The zero-order valence-corrected chi connectivity index (χ0v) is 19.0. The number of carboxylic acids is 2. The molecule has 0 saturated heterocycles. The van der Waals surface area contributed by atoms with Crippen molar-refractivity contribution in [1.29, 1.82) is 0 Å². The van der Waals surface area contributed by atoms with Crippen LogP contribution in [-0.4, -0.2) is 57.6 Å². The van der Waals surface area contributed by atoms with Crippen molar-refractivity contribution < 1.29 is 29.4 Å². The topological polar surface area (TPSA) is 133 Å². The van der Waals surface area contributed by atoms with Crippen molar-refractivity contribution in [3.05, 3.63) is 0 Å². The number of hydrogen-bond donors (Lipinski definition) is 4. The average molecular weight is 437 g/mol. The Morgan fingerprint density at radius 2 is 1.00 bits per heavy atom. The highest BCUT2D eigenvalue weighted by Gasteiger charge is 2.25. The number of amides is 2. The van der Waals surface area contributed by atoms with E-state index in [1.165, 1.54) is 0 Å². The molecule has 0 heterocycles. The zero-order valence-electron chi connectivity index (χ0n) is 17.3. The molecule has 0 aliphatic rings. The first kappa shape index (κ1) is 26.6. The number of nitrogens with one attached hydrogen (secondary N) is 2. The van der Waals surface area contributed by atoms with Crippen molar-refractivity contribution >= 4 is 45.3 Å². The smallest absolute Gasteiger partial charge is 0.327 e. The molecule has 0 aromatic rings. The molecule has 0 fully saturated rings. The minimum Gasteiger partial charge on any atom is -0.480 e. The van der Waals surface area contributed by atoms with E-state index in [2.05, 4.69) is 10.6 Å². The van der Waals surface area contributed by atoms with Gasteiger partial charge in [0.05, 0.1) is 0 Å². The lowest BCUT2D eigenvalue weighted by Crippen LogP contribution is -2.44. The predicted molar refractivity (Wildman–Crippen MR) is 112 cm³/mol. The van der Waals surface area contributed by atoms with Crippen LogP contribution in [0.15, 0.2) is 0 Å². The Kier molecular flexibility index (Phi) is 11.0. The molecule has 0 aliphatic carbocycles. The monoisotopic (exact) mass is 436 g/mol. The first-order chi connectivity index (χ1) is 12.6. The minimum atomic E-state index is -1.15. The van der Waals surface area contributed by atoms with Crippen LogP contribution in [0.25, 0.3) is 0 Å². The zero-order chi connectivity index (χ0) is 22.1. The van der Waals surface area contributed by atoms with Crippen molar-refractivity contribution in [1.82, 2.24) is 10.6 Å². The van der Waals surface area contributed by atoms with Gasteiger partial charge in [0, 0.05) is 24.3 Å². The molecule has 8 nitrogen and oxygen atoms in total. The van der Waals surface area contributed by atoms with Crippen molar-refractivity contribution in [2.45, 2.75) is 66.5 Å². The van der Waals surface area contributed by atoms with Gasteiger partial charge in [-0.05, 0) is 10.8 Å². The number of rotatable bonds is 11. The quantitative estimate of drug-likeness (QED) is 0.287. The SMILES string of the molecule is CC(C)(C)CC(=O)N[C@@H](CSSC[C@H](NC(=O)CC(C)(C)C)C(=O)O)C(=O)O. The van der Waals surface area contributed by atoms with Crippen molar-refractivity contribution in [3.8, 4) is 0 Å². The summed E-state index contributed by atoms with van der Waals surface area (Å²) in [4.78, 5) is 46.5. The molecule has 0 aromatic heterocycles. The van der Waals surface area contributed by atoms with E-state index >= 15 is 0 Å². The summed E-state index contributed by atoms with van der Waals surface area (Å²) in [5.41, 5.74) is -0.510. The van der Waals surface area contributed by atoms with Crippen molar-refractivity contribution in [2.24, 2.45) is 10.8 Å². The second kappa shape index (κ2) is 11.5. The van der Waals surface area contributed by atoms with E-state index in [0.29, 0.717) is 0 Å². The van der Waals surface area contributed by atoms with E-state index in [4.69, 9.17) is 0 Å². The second-order valence-electron chi connectivity index (χ2n) is 8.96. The molecule has 0 aromatic carbocycles. The molecule has 0 unspecified atom stereocenters. The van der Waals surface area contributed by atoms with Gasteiger partial charge in [0.25, 0.3) is 0 Å². The van der Waals surface area contributed by atoms with Gasteiger partial charge in [0.15, 0.2) is 0 Å². The summed E-state index contributed by atoms with van der Waals surface area (Å²) < 4.78 is 0. The molecule has 28 heavy (non-hydrogen) atoms. The molecule has 10 heteroatoms. The van der Waals surface area contributed by atoms with Gasteiger partial charge in [-0.25, -0.2) is 9.59 Å². The van der Waals surface area contributed by atoms with E-state index in [1.54, 1.807) is 0 Å². The van der Waals surface area contributed by atoms with Crippen molar-refractivity contribution in [3.63, 3.8) is 0 Å². The fourth-order valence-corrected chi connectivity index (χ4v) is 4.35. The van der Waals surface area contributed by atoms with Crippen molar-refractivity contribution in [2.75, 3.05) is 11.5 Å². The summed E-state index contributed by atoms with van der Waals surface area (Å²) in [6.45, 7) is 11.3. The number of carbonyl (C=O) groups is 4. The van der Waals surface area contributed by atoms with E-state index in [-0.39, 0.29) is 47.0 Å². The average Bonchev–Trinajstić information content (AvgIpc) is 2.44. The van der Waals surface area contributed by atoms with Crippen LogP contribution in [0.3, 0.4) is 0 Å². The van der Waals surface area contributed by atoms with Gasteiger partial charge in [0.2, 0.25) is 11.8 Å². The normalized spacial score (nSPS) is 14.1. The largest absolute Gasteiger partial charge is 0.480 e. The first-order valence-corrected chi connectivity index (χ1v) is 11.4. The maximum atomic E-state index is 11.9. The molecule has 2 atom stereocenters. The maximum Gasteiger partial charge on any atom is 0.327 e. The third-order valence-electron chi connectivity index (χ3n) is 3.20. The molecule has 2 amide bonds. The van der Waals surface area contributed by atoms with E-state index in [0.717, 1.165) is 21.6 Å². The lowest BCUT2D eigenvalue weighted by Gasteiger charge is -2.21. The third kappa shape index (κ3) is 13.7. The van der Waals surface area contributed by atoms with Crippen LogP contribution in [0.1, 0.15) is 54.4 Å². The Balaban J connectivity index is 4.51. The molecular weight excluding hydrogens is 404 g/mol. The van der Waals surface area contributed by atoms with Gasteiger partial charge in [-0.2, -0.15) is 0 Å². The molecule has 0 radical (unpaired) electrons. The summed E-state index contributed by atoms with van der Waals surface area (Å²) in [5.74, 6) is -2.82. The van der Waals surface area contributed by atoms with E-state index < -0.39 is 24.0 Å². The number of aliphatic carboxylic acids is 2.